The topological polar surface area (TPSA) is 40.5 Å². The number of carbonyl (C=O) groups is 1. The first-order valence-corrected chi connectivity index (χ1v) is 11.2. The van der Waals surface area contributed by atoms with Crippen molar-refractivity contribution in [1.82, 2.24) is 0 Å². The van der Waals surface area contributed by atoms with E-state index in [1.165, 1.54) is 0 Å². The third-order valence-corrected chi connectivity index (χ3v) is 5.81. The van der Waals surface area contributed by atoms with Crippen molar-refractivity contribution in [2.45, 2.75) is 0 Å². The predicted octanol–water partition coefficient (Wildman–Crippen LogP) is 8.19. The fourth-order valence-corrected chi connectivity index (χ4v) is 4.34. The third-order valence-electron chi connectivity index (χ3n) is 5.81. The Labute approximate surface area is 199 Å². The normalized spacial score (nSPS) is 10.6. The molecule has 3 heteroatoms. The molecule has 5 aromatic carbocycles. The molecule has 34 heavy (non-hydrogen) atoms. The van der Waals surface area contributed by atoms with Gasteiger partial charge in [0.15, 0.2) is 0 Å². The van der Waals surface area contributed by atoms with Crippen LogP contribution in [0.25, 0.3) is 22.3 Å². The summed E-state index contributed by atoms with van der Waals surface area (Å²) in [5, 5.41) is 10.6. The van der Waals surface area contributed by atoms with Gasteiger partial charge in [-0.1, -0.05) is 103 Å². The smallest absolute Gasteiger partial charge is 0.338 e. The summed E-state index contributed by atoms with van der Waals surface area (Å²) in [6.07, 6.45) is 0. The number of carboxylic acids is 1. The Balaban J connectivity index is 1.85. The van der Waals surface area contributed by atoms with Gasteiger partial charge in [0.1, 0.15) is 0 Å². The SMILES string of the molecule is O=C(O)c1c(N(c2ccccc2)c2ccccc2)ccc(-c2ccccc2)c1-c1ccccc1. The van der Waals surface area contributed by atoms with Crippen molar-refractivity contribution in [3.05, 3.63) is 139 Å². The Morgan fingerprint density at radius 3 is 1.44 bits per heavy atom. The number of benzene rings is 5. The minimum Gasteiger partial charge on any atom is -0.478 e. The maximum atomic E-state index is 12.9. The fraction of sp³-hybridized carbons (Fsp3) is 0. The zero-order chi connectivity index (χ0) is 23.3. The lowest BCUT2D eigenvalue weighted by molar-refractivity contribution is 0.0698. The molecule has 0 atom stereocenters. The van der Waals surface area contributed by atoms with Crippen molar-refractivity contribution >= 4 is 23.0 Å². The summed E-state index contributed by atoms with van der Waals surface area (Å²) < 4.78 is 0. The highest BCUT2D eigenvalue weighted by Gasteiger charge is 2.26. The summed E-state index contributed by atoms with van der Waals surface area (Å²) in [7, 11) is 0. The molecule has 0 radical (unpaired) electrons. The Bertz CT molecular complexity index is 1360. The van der Waals surface area contributed by atoms with Crippen LogP contribution in [0.1, 0.15) is 10.4 Å². The van der Waals surface area contributed by atoms with Crippen LogP contribution in [0, 0.1) is 0 Å². The number of para-hydroxylation sites is 2. The number of anilines is 3. The molecular formula is C31H23NO2. The van der Waals surface area contributed by atoms with Crippen LogP contribution in [0.2, 0.25) is 0 Å². The Hall–Kier alpha value is -4.63. The molecule has 0 saturated carbocycles. The van der Waals surface area contributed by atoms with Crippen LogP contribution in [0.15, 0.2) is 133 Å². The lowest BCUT2D eigenvalue weighted by Crippen LogP contribution is -2.15. The zero-order valence-corrected chi connectivity index (χ0v) is 18.5. The average molecular weight is 442 g/mol. The molecule has 5 rings (SSSR count). The summed E-state index contributed by atoms with van der Waals surface area (Å²) >= 11 is 0. The zero-order valence-electron chi connectivity index (χ0n) is 18.5. The lowest BCUT2D eigenvalue weighted by atomic mass is 9.89. The second-order valence-corrected chi connectivity index (χ2v) is 7.93. The molecule has 0 aliphatic heterocycles. The van der Waals surface area contributed by atoms with E-state index in [-0.39, 0.29) is 5.56 Å². The van der Waals surface area contributed by atoms with E-state index in [2.05, 4.69) is 0 Å². The first-order chi connectivity index (χ1) is 16.7. The van der Waals surface area contributed by atoms with Crippen LogP contribution in [0.3, 0.4) is 0 Å². The first kappa shape index (κ1) is 21.2. The van der Waals surface area contributed by atoms with Crippen molar-refractivity contribution < 1.29 is 9.90 Å². The largest absolute Gasteiger partial charge is 0.478 e. The number of hydrogen-bond acceptors (Lipinski definition) is 2. The number of nitrogens with zero attached hydrogens (tertiary/aromatic N) is 1. The van der Waals surface area contributed by atoms with E-state index >= 15 is 0 Å². The molecular weight excluding hydrogens is 418 g/mol. The highest BCUT2D eigenvalue weighted by Crippen LogP contribution is 2.44. The van der Waals surface area contributed by atoms with E-state index in [9.17, 15) is 9.90 Å². The van der Waals surface area contributed by atoms with Gasteiger partial charge in [0, 0.05) is 16.9 Å². The summed E-state index contributed by atoms with van der Waals surface area (Å²) in [6.45, 7) is 0. The van der Waals surface area contributed by atoms with Crippen molar-refractivity contribution in [3.8, 4) is 22.3 Å². The van der Waals surface area contributed by atoms with Gasteiger partial charge in [0.25, 0.3) is 0 Å². The molecule has 0 aromatic heterocycles. The van der Waals surface area contributed by atoms with E-state index in [0.29, 0.717) is 11.3 Å². The lowest BCUT2D eigenvalue weighted by Gasteiger charge is -2.28. The summed E-state index contributed by atoms with van der Waals surface area (Å²) in [4.78, 5) is 14.9. The second kappa shape index (κ2) is 9.47. The molecule has 0 aliphatic carbocycles. The van der Waals surface area contributed by atoms with Crippen LogP contribution in [0.5, 0.6) is 0 Å². The number of aromatic carboxylic acids is 1. The van der Waals surface area contributed by atoms with E-state index in [1.54, 1.807) is 0 Å². The molecule has 1 N–H and O–H groups in total. The van der Waals surface area contributed by atoms with E-state index in [0.717, 1.165) is 28.1 Å². The number of carboxylic acid groups (broad SMARTS) is 1. The van der Waals surface area contributed by atoms with Gasteiger partial charge in [-0.2, -0.15) is 0 Å². The molecule has 5 aromatic rings. The van der Waals surface area contributed by atoms with Crippen molar-refractivity contribution in [1.29, 1.82) is 0 Å². The molecule has 164 valence electrons. The van der Waals surface area contributed by atoms with Crippen molar-refractivity contribution in [2.75, 3.05) is 4.90 Å². The van der Waals surface area contributed by atoms with Gasteiger partial charge in [-0.15, -0.1) is 0 Å². The summed E-state index contributed by atoms with van der Waals surface area (Å²) in [5.41, 5.74) is 6.08. The monoisotopic (exact) mass is 441 g/mol. The average Bonchev–Trinajstić information content (AvgIpc) is 2.90. The highest BCUT2D eigenvalue weighted by molar-refractivity contribution is 6.08. The van der Waals surface area contributed by atoms with Crippen LogP contribution in [0.4, 0.5) is 17.1 Å². The Kier molecular flexibility index (Phi) is 5.91. The molecule has 0 saturated heterocycles. The quantitative estimate of drug-likeness (QED) is 0.289. The summed E-state index contributed by atoms with van der Waals surface area (Å²) in [6, 6.07) is 43.3. The first-order valence-electron chi connectivity index (χ1n) is 11.2. The van der Waals surface area contributed by atoms with Gasteiger partial charge in [-0.25, -0.2) is 4.79 Å². The van der Waals surface area contributed by atoms with E-state index < -0.39 is 5.97 Å². The molecule has 0 aliphatic rings. The standard InChI is InChI=1S/C31H23NO2/c33-31(34)30-28(32(25-17-9-3-10-18-25)26-19-11-4-12-20-26)22-21-27(23-13-5-1-6-14-23)29(30)24-15-7-2-8-16-24/h1-22H,(H,33,34). The van der Waals surface area contributed by atoms with Crippen LogP contribution < -0.4 is 4.90 Å². The minimum absolute atomic E-state index is 0.264. The van der Waals surface area contributed by atoms with Gasteiger partial charge in [0.2, 0.25) is 0 Å². The molecule has 0 bridgehead atoms. The third kappa shape index (κ3) is 4.07. The van der Waals surface area contributed by atoms with Gasteiger partial charge in [-0.05, 0) is 47.0 Å². The fourth-order valence-electron chi connectivity index (χ4n) is 4.34. The van der Waals surface area contributed by atoms with Crippen LogP contribution >= 0.6 is 0 Å². The van der Waals surface area contributed by atoms with Crippen molar-refractivity contribution in [3.63, 3.8) is 0 Å². The molecule has 0 fully saturated rings. The number of hydrogen-bond donors (Lipinski definition) is 1. The molecule has 0 amide bonds. The van der Waals surface area contributed by atoms with E-state index in [4.69, 9.17) is 0 Å². The van der Waals surface area contributed by atoms with Gasteiger partial charge >= 0.3 is 5.97 Å². The maximum Gasteiger partial charge on any atom is 0.338 e. The predicted molar refractivity (Wildman–Crippen MR) is 139 cm³/mol. The maximum absolute atomic E-state index is 12.9. The van der Waals surface area contributed by atoms with Crippen molar-refractivity contribution in [2.24, 2.45) is 0 Å². The molecule has 0 spiro atoms. The Morgan fingerprint density at radius 1 is 0.529 bits per heavy atom. The minimum atomic E-state index is -0.969. The molecule has 3 nitrogen and oxygen atoms in total. The highest BCUT2D eigenvalue weighted by atomic mass is 16.4. The molecule has 0 heterocycles. The number of rotatable bonds is 6. The van der Waals surface area contributed by atoms with E-state index in [1.807, 2.05) is 138 Å². The van der Waals surface area contributed by atoms with Crippen LogP contribution in [-0.2, 0) is 0 Å². The van der Waals surface area contributed by atoms with Gasteiger partial charge < -0.3 is 10.0 Å². The molecule has 0 unspecified atom stereocenters. The second-order valence-electron chi connectivity index (χ2n) is 7.93. The Morgan fingerprint density at radius 2 is 0.971 bits per heavy atom. The van der Waals surface area contributed by atoms with Crippen LogP contribution in [-0.4, -0.2) is 11.1 Å². The van der Waals surface area contributed by atoms with Gasteiger partial charge in [0.05, 0.1) is 11.3 Å². The van der Waals surface area contributed by atoms with Gasteiger partial charge in [-0.3, -0.25) is 0 Å². The summed E-state index contributed by atoms with van der Waals surface area (Å²) in [5.74, 6) is -0.969.